The molecule has 0 fully saturated rings. The molecule has 0 aromatic rings. The summed E-state index contributed by atoms with van der Waals surface area (Å²) in [5, 5.41) is 9.97. The Labute approximate surface area is 113 Å². The molecule has 2 aliphatic rings. The SMILES string of the molecule is CC1(C)CC(=O)C(C=NC2=NC=CCCC2)=C(O)C1. The molecule has 0 spiro atoms. The fourth-order valence-corrected chi connectivity index (χ4v) is 2.34. The van der Waals surface area contributed by atoms with Crippen molar-refractivity contribution < 1.29 is 9.90 Å². The van der Waals surface area contributed by atoms with Crippen LogP contribution in [0.5, 0.6) is 0 Å². The van der Waals surface area contributed by atoms with Crippen LogP contribution in [0.25, 0.3) is 0 Å². The molecule has 1 aliphatic heterocycles. The standard InChI is InChI=1S/C15H20N2O2/c1-15(2)8-12(18)11(13(19)9-15)10-17-14-6-4-3-5-7-16-14/h5,7,10,18H,3-4,6,8-9H2,1-2H3. The second-order valence-corrected chi connectivity index (χ2v) is 5.88. The number of aliphatic imine (C=N–C) groups is 2. The van der Waals surface area contributed by atoms with Gasteiger partial charge in [-0.05, 0) is 18.3 Å². The zero-order valence-corrected chi connectivity index (χ0v) is 11.5. The van der Waals surface area contributed by atoms with Crippen LogP contribution in [0.4, 0.5) is 0 Å². The molecule has 0 aromatic carbocycles. The quantitative estimate of drug-likeness (QED) is 0.735. The molecule has 4 heteroatoms. The first-order valence-electron chi connectivity index (χ1n) is 6.69. The van der Waals surface area contributed by atoms with E-state index in [0.717, 1.165) is 19.3 Å². The van der Waals surface area contributed by atoms with Gasteiger partial charge < -0.3 is 5.11 Å². The first-order chi connectivity index (χ1) is 8.98. The molecular formula is C15H20N2O2. The summed E-state index contributed by atoms with van der Waals surface area (Å²) in [6, 6.07) is 0. The number of carbonyl (C=O) groups excluding carboxylic acids is 1. The van der Waals surface area contributed by atoms with Gasteiger partial charge in [-0.2, -0.15) is 0 Å². The van der Waals surface area contributed by atoms with E-state index in [1.165, 1.54) is 6.21 Å². The molecule has 1 N–H and O–H groups in total. The van der Waals surface area contributed by atoms with Crippen molar-refractivity contribution in [3.8, 4) is 0 Å². The Bertz CT molecular complexity index is 496. The third-order valence-corrected chi connectivity index (χ3v) is 3.34. The Morgan fingerprint density at radius 1 is 1.42 bits per heavy atom. The van der Waals surface area contributed by atoms with Crippen molar-refractivity contribution in [1.29, 1.82) is 0 Å². The number of nitrogens with zero attached hydrogens (tertiary/aromatic N) is 2. The van der Waals surface area contributed by atoms with E-state index in [9.17, 15) is 9.90 Å². The number of rotatable bonds is 1. The van der Waals surface area contributed by atoms with Gasteiger partial charge in [0.1, 0.15) is 11.6 Å². The molecule has 0 saturated heterocycles. The van der Waals surface area contributed by atoms with Crippen LogP contribution in [0, 0.1) is 5.41 Å². The van der Waals surface area contributed by atoms with E-state index < -0.39 is 0 Å². The molecule has 1 aliphatic carbocycles. The van der Waals surface area contributed by atoms with Crippen LogP contribution in [0.2, 0.25) is 0 Å². The van der Waals surface area contributed by atoms with Crippen LogP contribution in [0.1, 0.15) is 46.0 Å². The molecule has 0 radical (unpaired) electrons. The van der Waals surface area contributed by atoms with Gasteiger partial charge >= 0.3 is 0 Å². The fourth-order valence-electron chi connectivity index (χ4n) is 2.34. The lowest BCUT2D eigenvalue weighted by molar-refractivity contribution is -0.117. The van der Waals surface area contributed by atoms with E-state index in [0.29, 0.717) is 24.3 Å². The number of ketones is 1. The van der Waals surface area contributed by atoms with Crippen LogP contribution < -0.4 is 0 Å². The molecule has 0 saturated carbocycles. The summed E-state index contributed by atoms with van der Waals surface area (Å²) < 4.78 is 0. The van der Waals surface area contributed by atoms with E-state index in [-0.39, 0.29) is 17.0 Å². The van der Waals surface area contributed by atoms with E-state index >= 15 is 0 Å². The highest BCUT2D eigenvalue weighted by molar-refractivity contribution is 6.16. The number of aliphatic hydroxyl groups is 1. The Morgan fingerprint density at radius 3 is 2.95 bits per heavy atom. The van der Waals surface area contributed by atoms with E-state index in [1.807, 2.05) is 19.9 Å². The summed E-state index contributed by atoms with van der Waals surface area (Å²) in [7, 11) is 0. The fraction of sp³-hybridized carbons (Fsp3) is 0.533. The van der Waals surface area contributed by atoms with Gasteiger partial charge in [-0.25, -0.2) is 9.98 Å². The van der Waals surface area contributed by atoms with Gasteiger partial charge in [-0.3, -0.25) is 4.79 Å². The van der Waals surface area contributed by atoms with Crippen molar-refractivity contribution in [2.24, 2.45) is 15.4 Å². The highest BCUT2D eigenvalue weighted by Gasteiger charge is 2.32. The van der Waals surface area contributed by atoms with Crippen molar-refractivity contribution in [2.45, 2.75) is 46.0 Å². The summed E-state index contributed by atoms with van der Waals surface area (Å²) >= 11 is 0. The Hall–Kier alpha value is -1.71. The monoisotopic (exact) mass is 260 g/mol. The maximum absolute atomic E-state index is 12.0. The topological polar surface area (TPSA) is 62.0 Å². The summed E-state index contributed by atoms with van der Waals surface area (Å²) in [6.45, 7) is 3.96. The number of aliphatic hydroxyl groups excluding tert-OH is 1. The average Bonchev–Trinajstić information content (AvgIpc) is 2.54. The van der Waals surface area contributed by atoms with Crippen molar-refractivity contribution in [3.05, 3.63) is 23.6 Å². The van der Waals surface area contributed by atoms with Gasteiger partial charge in [0.05, 0.1) is 5.57 Å². The minimum Gasteiger partial charge on any atom is -0.511 e. The Morgan fingerprint density at radius 2 is 2.21 bits per heavy atom. The Kier molecular flexibility index (Phi) is 3.98. The van der Waals surface area contributed by atoms with Crippen LogP contribution in [0.15, 0.2) is 33.6 Å². The van der Waals surface area contributed by atoms with Crippen molar-refractivity contribution in [3.63, 3.8) is 0 Å². The van der Waals surface area contributed by atoms with E-state index in [2.05, 4.69) is 9.98 Å². The lowest BCUT2D eigenvalue weighted by atomic mass is 9.77. The first-order valence-corrected chi connectivity index (χ1v) is 6.69. The minimum absolute atomic E-state index is 0.0396. The van der Waals surface area contributed by atoms with Gasteiger partial charge in [0.15, 0.2) is 5.78 Å². The summed E-state index contributed by atoms with van der Waals surface area (Å²) in [4.78, 5) is 20.5. The number of hydrogen-bond donors (Lipinski definition) is 1. The zero-order valence-electron chi connectivity index (χ0n) is 11.5. The van der Waals surface area contributed by atoms with E-state index in [1.54, 1.807) is 6.20 Å². The summed E-state index contributed by atoms with van der Waals surface area (Å²) in [6.07, 6.45) is 9.02. The maximum Gasteiger partial charge on any atom is 0.168 e. The number of Topliss-reactive ketones (excluding diaryl/α,β-unsaturated/α-hetero) is 1. The highest BCUT2D eigenvalue weighted by Crippen LogP contribution is 2.35. The van der Waals surface area contributed by atoms with Gasteiger partial charge in [0.2, 0.25) is 0 Å². The predicted octanol–water partition coefficient (Wildman–Crippen LogP) is 3.35. The molecule has 102 valence electrons. The summed E-state index contributed by atoms with van der Waals surface area (Å²) in [5.74, 6) is 0.823. The molecule has 0 unspecified atom stereocenters. The van der Waals surface area contributed by atoms with Crippen LogP contribution in [0.3, 0.4) is 0 Å². The number of amidine groups is 1. The smallest absolute Gasteiger partial charge is 0.168 e. The maximum atomic E-state index is 12.0. The van der Waals surface area contributed by atoms with Gasteiger partial charge in [-0.15, -0.1) is 0 Å². The zero-order chi connectivity index (χ0) is 13.9. The van der Waals surface area contributed by atoms with Crippen LogP contribution in [-0.2, 0) is 4.79 Å². The molecule has 19 heavy (non-hydrogen) atoms. The number of hydrogen-bond acceptors (Lipinski definition) is 4. The number of allylic oxidation sites excluding steroid dienone is 3. The predicted molar refractivity (Wildman–Crippen MR) is 76.6 cm³/mol. The summed E-state index contributed by atoms with van der Waals surface area (Å²) in [5.41, 5.74) is 0.177. The van der Waals surface area contributed by atoms with Crippen molar-refractivity contribution in [2.75, 3.05) is 0 Å². The van der Waals surface area contributed by atoms with Crippen molar-refractivity contribution >= 4 is 17.8 Å². The van der Waals surface area contributed by atoms with Crippen molar-refractivity contribution in [1.82, 2.24) is 0 Å². The average molecular weight is 260 g/mol. The molecule has 0 bridgehead atoms. The molecule has 1 heterocycles. The van der Waals surface area contributed by atoms with Gasteiger partial charge in [-0.1, -0.05) is 19.9 Å². The van der Waals surface area contributed by atoms with E-state index in [4.69, 9.17) is 0 Å². The first kappa shape index (κ1) is 13.7. The molecule has 0 amide bonds. The van der Waals surface area contributed by atoms with Gasteiger partial charge in [0.25, 0.3) is 0 Å². The van der Waals surface area contributed by atoms with Crippen LogP contribution >= 0.6 is 0 Å². The van der Waals surface area contributed by atoms with Crippen LogP contribution in [-0.4, -0.2) is 22.9 Å². The minimum atomic E-state index is -0.166. The van der Waals surface area contributed by atoms with Gasteiger partial charge in [0, 0.05) is 31.7 Å². The second kappa shape index (κ2) is 5.51. The third-order valence-electron chi connectivity index (χ3n) is 3.34. The molecular weight excluding hydrogens is 240 g/mol. The number of carbonyl (C=O) groups is 1. The lowest BCUT2D eigenvalue weighted by Crippen LogP contribution is -2.26. The molecule has 2 rings (SSSR count). The second-order valence-electron chi connectivity index (χ2n) is 5.88. The highest BCUT2D eigenvalue weighted by atomic mass is 16.3. The normalized spacial score (nSPS) is 23.7. The Balaban J connectivity index is 2.16. The molecule has 4 nitrogen and oxygen atoms in total. The largest absolute Gasteiger partial charge is 0.511 e. The molecule has 0 atom stereocenters. The molecule has 0 aromatic heterocycles. The third kappa shape index (κ3) is 3.63. The lowest BCUT2D eigenvalue weighted by Gasteiger charge is -2.28.